The quantitative estimate of drug-likeness (QED) is 0.566. The summed E-state index contributed by atoms with van der Waals surface area (Å²) in [6, 6.07) is 0. The SMILES string of the molecule is BrC1([CH]CC2(Br)CCCCC2)CCCCC1. The monoisotopic (exact) mass is 349 g/mol. The minimum Gasteiger partial charge on any atom is -0.0853 e. The molecular weight excluding hydrogens is 328 g/mol. The van der Waals surface area contributed by atoms with Crippen molar-refractivity contribution in [3.8, 4) is 0 Å². The molecule has 0 spiro atoms. The Labute approximate surface area is 117 Å². The largest absolute Gasteiger partial charge is 0.0853 e. The zero-order valence-electron chi connectivity index (χ0n) is 10.1. The molecule has 0 nitrogen and oxygen atoms in total. The lowest BCUT2D eigenvalue weighted by molar-refractivity contribution is 0.373. The van der Waals surface area contributed by atoms with Gasteiger partial charge >= 0.3 is 0 Å². The summed E-state index contributed by atoms with van der Waals surface area (Å²) in [4.78, 5) is 0. The molecular formula is C14H23Br2. The van der Waals surface area contributed by atoms with Crippen LogP contribution in [-0.4, -0.2) is 8.65 Å². The molecule has 0 atom stereocenters. The van der Waals surface area contributed by atoms with Crippen molar-refractivity contribution in [2.24, 2.45) is 0 Å². The lowest BCUT2D eigenvalue weighted by Gasteiger charge is -2.37. The van der Waals surface area contributed by atoms with Crippen LogP contribution in [0.1, 0.15) is 70.6 Å². The second kappa shape index (κ2) is 5.73. The highest BCUT2D eigenvalue weighted by atomic mass is 79.9. The van der Waals surface area contributed by atoms with Crippen LogP contribution < -0.4 is 0 Å². The zero-order chi connectivity index (χ0) is 11.5. The standard InChI is InChI=1S/C14H23Br2/c15-13(7-3-1-4-8-13)11-12-14(16)9-5-2-6-10-14/h11H,1-10,12H2. The molecule has 2 heteroatoms. The van der Waals surface area contributed by atoms with Gasteiger partial charge < -0.3 is 0 Å². The van der Waals surface area contributed by atoms with Crippen molar-refractivity contribution in [3.05, 3.63) is 6.42 Å². The summed E-state index contributed by atoms with van der Waals surface area (Å²) in [6.07, 6.45) is 17.7. The first kappa shape index (κ1) is 13.4. The van der Waals surface area contributed by atoms with E-state index in [1.54, 1.807) is 0 Å². The van der Waals surface area contributed by atoms with Crippen molar-refractivity contribution in [2.75, 3.05) is 0 Å². The number of rotatable bonds is 3. The second-order valence-electron chi connectivity index (χ2n) is 5.72. The van der Waals surface area contributed by atoms with Gasteiger partial charge in [0.25, 0.3) is 0 Å². The smallest absolute Gasteiger partial charge is 0.0289 e. The maximum absolute atomic E-state index is 3.99. The fourth-order valence-electron chi connectivity index (χ4n) is 3.10. The lowest BCUT2D eigenvalue weighted by Crippen LogP contribution is -2.31. The average molecular weight is 351 g/mol. The van der Waals surface area contributed by atoms with Crippen molar-refractivity contribution in [2.45, 2.75) is 79.3 Å². The molecule has 0 N–H and O–H groups in total. The molecule has 1 radical (unpaired) electrons. The van der Waals surface area contributed by atoms with Gasteiger partial charge in [0.1, 0.15) is 0 Å². The van der Waals surface area contributed by atoms with E-state index in [2.05, 4.69) is 38.3 Å². The van der Waals surface area contributed by atoms with Gasteiger partial charge in [-0.3, -0.25) is 0 Å². The average Bonchev–Trinajstić information content (AvgIpc) is 2.29. The van der Waals surface area contributed by atoms with Gasteiger partial charge in [0, 0.05) is 8.65 Å². The first-order valence-corrected chi connectivity index (χ1v) is 8.43. The third-order valence-corrected chi connectivity index (χ3v) is 6.50. The van der Waals surface area contributed by atoms with E-state index in [1.807, 2.05) is 0 Å². The molecule has 2 aliphatic rings. The summed E-state index contributed by atoms with van der Waals surface area (Å²) in [5, 5.41) is 0. The van der Waals surface area contributed by atoms with Gasteiger partial charge in [-0.25, -0.2) is 0 Å². The van der Waals surface area contributed by atoms with Crippen LogP contribution in [0.15, 0.2) is 0 Å². The molecule has 0 unspecified atom stereocenters. The zero-order valence-corrected chi connectivity index (χ0v) is 13.3. The molecule has 0 aromatic heterocycles. The second-order valence-corrected chi connectivity index (χ2v) is 8.98. The minimum absolute atomic E-state index is 0.365. The minimum atomic E-state index is 0.365. The molecule has 0 saturated heterocycles. The van der Waals surface area contributed by atoms with E-state index in [1.165, 1.54) is 70.6 Å². The molecule has 0 heterocycles. The molecule has 0 amide bonds. The van der Waals surface area contributed by atoms with Crippen LogP contribution in [0.3, 0.4) is 0 Å². The van der Waals surface area contributed by atoms with E-state index in [0.29, 0.717) is 8.65 Å². The molecule has 16 heavy (non-hydrogen) atoms. The third kappa shape index (κ3) is 3.73. The van der Waals surface area contributed by atoms with Gasteiger partial charge in [0.15, 0.2) is 0 Å². The Morgan fingerprint density at radius 1 is 0.750 bits per heavy atom. The van der Waals surface area contributed by atoms with Crippen molar-refractivity contribution < 1.29 is 0 Å². The highest BCUT2D eigenvalue weighted by molar-refractivity contribution is 9.10. The maximum atomic E-state index is 3.99. The van der Waals surface area contributed by atoms with Crippen molar-refractivity contribution in [3.63, 3.8) is 0 Å². The summed E-state index contributed by atoms with van der Waals surface area (Å²) < 4.78 is 0.799. The summed E-state index contributed by atoms with van der Waals surface area (Å²) in [5.41, 5.74) is 0. The maximum Gasteiger partial charge on any atom is 0.0289 e. The molecule has 2 fully saturated rings. The molecule has 2 aliphatic carbocycles. The van der Waals surface area contributed by atoms with Gasteiger partial charge in [0.2, 0.25) is 0 Å². The Balaban J connectivity index is 1.80. The van der Waals surface area contributed by atoms with Crippen LogP contribution >= 0.6 is 31.9 Å². The molecule has 2 rings (SSSR count). The van der Waals surface area contributed by atoms with Gasteiger partial charge in [-0.05, 0) is 38.5 Å². The van der Waals surface area contributed by atoms with Crippen LogP contribution in [0.5, 0.6) is 0 Å². The number of halogens is 2. The third-order valence-electron chi connectivity index (χ3n) is 4.27. The van der Waals surface area contributed by atoms with Gasteiger partial charge in [-0.2, -0.15) is 0 Å². The van der Waals surface area contributed by atoms with Crippen LogP contribution in [0.2, 0.25) is 0 Å². The summed E-state index contributed by atoms with van der Waals surface area (Å²) in [7, 11) is 0. The molecule has 93 valence electrons. The van der Waals surface area contributed by atoms with E-state index in [9.17, 15) is 0 Å². The van der Waals surface area contributed by atoms with Crippen LogP contribution in [-0.2, 0) is 0 Å². The predicted molar refractivity (Wildman–Crippen MR) is 78.4 cm³/mol. The van der Waals surface area contributed by atoms with E-state index in [4.69, 9.17) is 0 Å². The molecule has 2 saturated carbocycles. The Morgan fingerprint density at radius 2 is 1.25 bits per heavy atom. The number of alkyl halides is 2. The Hall–Kier alpha value is 0.960. The van der Waals surface area contributed by atoms with Crippen LogP contribution in [0.4, 0.5) is 0 Å². The molecule has 0 bridgehead atoms. The van der Waals surface area contributed by atoms with Crippen molar-refractivity contribution >= 4 is 31.9 Å². The first-order valence-electron chi connectivity index (χ1n) is 6.84. The lowest BCUT2D eigenvalue weighted by atomic mass is 9.80. The first-order chi connectivity index (χ1) is 7.62. The normalized spacial score (nSPS) is 28.9. The van der Waals surface area contributed by atoms with Gasteiger partial charge in [0.05, 0.1) is 0 Å². The Kier molecular flexibility index (Phi) is 4.80. The Bertz CT molecular complexity index is 189. The van der Waals surface area contributed by atoms with E-state index in [0.717, 1.165) is 0 Å². The fraction of sp³-hybridized carbons (Fsp3) is 0.929. The Morgan fingerprint density at radius 3 is 1.81 bits per heavy atom. The van der Waals surface area contributed by atoms with Crippen molar-refractivity contribution in [1.82, 2.24) is 0 Å². The van der Waals surface area contributed by atoms with E-state index < -0.39 is 0 Å². The summed E-state index contributed by atoms with van der Waals surface area (Å²) in [5.74, 6) is 0. The highest BCUT2D eigenvalue weighted by Crippen LogP contribution is 2.45. The van der Waals surface area contributed by atoms with Crippen molar-refractivity contribution in [1.29, 1.82) is 0 Å². The van der Waals surface area contributed by atoms with E-state index >= 15 is 0 Å². The van der Waals surface area contributed by atoms with Gasteiger partial charge in [-0.1, -0.05) is 70.4 Å². The number of hydrogen-bond acceptors (Lipinski definition) is 0. The molecule has 0 aliphatic heterocycles. The summed E-state index contributed by atoms with van der Waals surface area (Å²) >= 11 is 7.97. The molecule has 0 aromatic carbocycles. The fourth-order valence-corrected chi connectivity index (χ4v) is 4.54. The van der Waals surface area contributed by atoms with E-state index in [-0.39, 0.29) is 0 Å². The highest BCUT2D eigenvalue weighted by Gasteiger charge is 2.34. The summed E-state index contributed by atoms with van der Waals surface area (Å²) in [6.45, 7) is 0. The van der Waals surface area contributed by atoms with Gasteiger partial charge in [-0.15, -0.1) is 0 Å². The molecule has 0 aromatic rings. The topological polar surface area (TPSA) is 0 Å². The van der Waals surface area contributed by atoms with Crippen LogP contribution in [0.25, 0.3) is 0 Å². The number of hydrogen-bond donors (Lipinski definition) is 0. The van der Waals surface area contributed by atoms with Crippen LogP contribution in [0, 0.1) is 6.42 Å². The predicted octanol–water partition coefficient (Wildman–Crippen LogP) is 5.78.